The van der Waals surface area contributed by atoms with Crippen molar-refractivity contribution in [2.24, 2.45) is 7.05 Å². The number of aryl methyl sites for hydroxylation is 1. The van der Waals surface area contributed by atoms with Crippen molar-refractivity contribution in [3.05, 3.63) is 44.2 Å². The van der Waals surface area contributed by atoms with Crippen LogP contribution < -0.4 is 5.32 Å². The van der Waals surface area contributed by atoms with E-state index in [1.807, 2.05) is 7.05 Å². The second-order valence-electron chi connectivity index (χ2n) is 7.82. The van der Waals surface area contributed by atoms with Gasteiger partial charge in [0.25, 0.3) is 0 Å². The van der Waals surface area contributed by atoms with E-state index in [2.05, 4.69) is 15.5 Å². The minimum absolute atomic E-state index is 0.116. The summed E-state index contributed by atoms with van der Waals surface area (Å²) in [6.07, 6.45) is 5.02. The average Bonchev–Trinajstić information content (AvgIpc) is 3.23. The first kappa shape index (κ1) is 25.0. The van der Waals surface area contributed by atoms with Gasteiger partial charge in [0, 0.05) is 22.5 Å². The van der Waals surface area contributed by atoms with E-state index in [1.54, 1.807) is 29.7 Å². The summed E-state index contributed by atoms with van der Waals surface area (Å²) >= 11 is 15.0. The van der Waals surface area contributed by atoms with Crippen molar-refractivity contribution in [3.63, 3.8) is 0 Å². The number of amides is 1. The SMILES string of the molecule is CCOC(=O)c1c(NC(=O)CSc2nnc(-c3ccc(Cl)cc3Cl)n2C)sc2c1CCCCC2. The molecule has 1 aromatic carbocycles. The van der Waals surface area contributed by atoms with Gasteiger partial charge in [0.1, 0.15) is 5.00 Å². The molecule has 0 aliphatic heterocycles. The Morgan fingerprint density at radius 1 is 1.21 bits per heavy atom. The zero-order valence-electron chi connectivity index (χ0n) is 18.8. The smallest absolute Gasteiger partial charge is 0.341 e. The molecule has 1 amide bonds. The molecule has 2 heterocycles. The van der Waals surface area contributed by atoms with Crippen LogP contribution in [0.5, 0.6) is 0 Å². The Kier molecular flexibility index (Phi) is 8.18. The number of carbonyl (C=O) groups is 2. The van der Waals surface area contributed by atoms with Gasteiger partial charge in [-0.2, -0.15) is 0 Å². The maximum absolute atomic E-state index is 12.8. The molecule has 180 valence electrons. The fraction of sp³-hybridized carbons (Fsp3) is 0.391. The molecule has 1 aliphatic carbocycles. The lowest BCUT2D eigenvalue weighted by Crippen LogP contribution is -2.17. The standard InChI is InChI=1S/C23H24Cl2N4O3S2/c1-3-32-22(31)19-15-7-5-4-6-8-17(15)34-21(19)26-18(30)12-33-23-28-27-20(29(23)2)14-10-9-13(24)11-16(14)25/h9-11H,3-8,12H2,1-2H3,(H,26,30). The Labute approximate surface area is 216 Å². The van der Waals surface area contributed by atoms with Gasteiger partial charge in [-0.15, -0.1) is 21.5 Å². The van der Waals surface area contributed by atoms with Crippen LogP contribution in [0.4, 0.5) is 5.00 Å². The van der Waals surface area contributed by atoms with Crippen LogP contribution in [0, 0.1) is 0 Å². The molecule has 2 aromatic heterocycles. The fourth-order valence-corrected chi connectivity index (χ4v) is 6.39. The molecule has 1 aliphatic rings. The zero-order valence-corrected chi connectivity index (χ0v) is 22.0. The Morgan fingerprint density at radius 2 is 2.00 bits per heavy atom. The minimum atomic E-state index is -0.373. The second-order valence-corrected chi connectivity index (χ2v) is 10.7. The molecular weight excluding hydrogens is 515 g/mol. The van der Waals surface area contributed by atoms with E-state index in [0.29, 0.717) is 43.8 Å². The molecule has 7 nitrogen and oxygen atoms in total. The van der Waals surface area contributed by atoms with Crippen molar-refractivity contribution < 1.29 is 14.3 Å². The van der Waals surface area contributed by atoms with E-state index in [4.69, 9.17) is 27.9 Å². The molecular formula is C23H24Cl2N4O3S2. The molecule has 3 aromatic rings. The van der Waals surface area contributed by atoms with Crippen molar-refractivity contribution in [1.29, 1.82) is 0 Å². The van der Waals surface area contributed by atoms with Crippen LogP contribution in [-0.4, -0.2) is 39.0 Å². The van der Waals surface area contributed by atoms with Gasteiger partial charge in [-0.3, -0.25) is 4.79 Å². The number of thiophene rings is 1. The van der Waals surface area contributed by atoms with Crippen molar-refractivity contribution in [1.82, 2.24) is 14.8 Å². The molecule has 1 N–H and O–H groups in total. The highest BCUT2D eigenvalue weighted by molar-refractivity contribution is 7.99. The van der Waals surface area contributed by atoms with E-state index in [-0.39, 0.29) is 17.6 Å². The van der Waals surface area contributed by atoms with Crippen molar-refractivity contribution >= 4 is 63.2 Å². The molecule has 4 rings (SSSR count). The summed E-state index contributed by atoms with van der Waals surface area (Å²) in [4.78, 5) is 26.7. The largest absolute Gasteiger partial charge is 0.462 e. The average molecular weight is 540 g/mol. The third-order valence-electron chi connectivity index (χ3n) is 5.49. The monoisotopic (exact) mass is 538 g/mol. The third-order valence-corrected chi connectivity index (χ3v) is 8.27. The molecule has 34 heavy (non-hydrogen) atoms. The normalized spacial score (nSPS) is 13.3. The third kappa shape index (κ3) is 5.43. The highest BCUT2D eigenvalue weighted by Crippen LogP contribution is 2.38. The van der Waals surface area contributed by atoms with Gasteiger partial charge in [0.2, 0.25) is 5.91 Å². The number of thioether (sulfide) groups is 1. The summed E-state index contributed by atoms with van der Waals surface area (Å²) in [5, 5.41) is 13.5. The van der Waals surface area contributed by atoms with Crippen LogP contribution >= 0.6 is 46.3 Å². The predicted molar refractivity (Wildman–Crippen MR) is 137 cm³/mol. The maximum Gasteiger partial charge on any atom is 0.341 e. The number of anilines is 1. The van der Waals surface area contributed by atoms with Crippen molar-refractivity contribution in [3.8, 4) is 11.4 Å². The lowest BCUT2D eigenvalue weighted by molar-refractivity contribution is -0.113. The number of esters is 1. The first-order valence-corrected chi connectivity index (χ1v) is 13.5. The van der Waals surface area contributed by atoms with Crippen molar-refractivity contribution in [2.45, 2.75) is 44.2 Å². The molecule has 0 radical (unpaired) electrons. The molecule has 0 atom stereocenters. The Balaban J connectivity index is 1.48. The molecule has 0 fully saturated rings. The van der Waals surface area contributed by atoms with Crippen LogP contribution in [-0.2, 0) is 29.4 Å². The van der Waals surface area contributed by atoms with Gasteiger partial charge < -0.3 is 14.6 Å². The van der Waals surface area contributed by atoms with E-state index >= 15 is 0 Å². The number of nitrogens with one attached hydrogen (secondary N) is 1. The Morgan fingerprint density at radius 3 is 2.76 bits per heavy atom. The van der Waals surface area contributed by atoms with Gasteiger partial charge in [-0.1, -0.05) is 41.4 Å². The summed E-state index contributed by atoms with van der Waals surface area (Å²) < 4.78 is 7.07. The topological polar surface area (TPSA) is 86.1 Å². The Bertz CT molecular complexity index is 1230. The summed E-state index contributed by atoms with van der Waals surface area (Å²) in [5.74, 6) is 0.102. The summed E-state index contributed by atoms with van der Waals surface area (Å²) in [6, 6.07) is 5.17. The number of hydrogen-bond acceptors (Lipinski definition) is 7. The first-order chi connectivity index (χ1) is 16.4. The minimum Gasteiger partial charge on any atom is -0.462 e. The molecule has 0 bridgehead atoms. The summed E-state index contributed by atoms with van der Waals surface area (Å²) in [5.41, 5.74) is 2.25. The maximum atomic E-state index is 12.8. The number of hydrogen-bond donors (Lipinski definition) is 1. The number of ether oxygens (including phenoxy) is 1. The van der Waals surface area contributed by atoms with Gasteiger partial charge in [0.05, 0.1) is 22.9 Å². The first-order valence-electron chi connectivity index (χ1n) is 11.0. The quantitative estimate of drug-likeness (QED) is 0.224. The van der Waals surface area contributed by atoms with Crippen LogP contribution in [0.1, 0.15) is 47.0 Å². The zero-order chi connectivity index (χ0) is 24.2. The molecule has 11 heteroatoms. The van der Waals surface area contributed by atoms with Crippen LogP contribution in [0.25, 0.3) is 11.4 Å². The summed E-state index contributed by atoms with van der Waals surface area (Å²) in [6.45, 7) is 2.07. The summed E-state index contributed by atoms with van der Waals surface area (Å²) in [7, 11) is 1.82. The van der Waals surface area contributed by atoms with Gasteiger partial charge in [-0.05, 0) is 56.4 Å². The van der Waals surface area contributed by atoms with E-state index < -0.39 is 0 Å². The predicted octanol–water partition coefficient (Wildman–Crippen LogP) is 6.03. The van der Waals surface area contributed by atoms with E-state index in [0.717, 1.165) is 37.7 Å². The lowest BCUT2D eigenvalue weighted by atomic mass is 10.1. The van der Waals surface area contributed by atoms with E-state index in [9.17, 15) is 9.59 Å². The number of nitrogens with zero attached hydrogens (tertiary/aromatic N) is 3. The fourth-order valence-electron chi connectivity index (χ4n) is 3.89. The molecule has 0 spiro atoms. The molecule has 0 unspecified atom stereocenters. The number of carbonyl (C=O) groups excluding carboxylic acids is 2. The number of fused-ring (bicyclic) bond motifs is 1. The highest BCUT2D eigenvalue weighted by Gasteiger charge is 2.26. The number of rotatable bonds is 7. The lowest BCUT2D eigenvalue weighted by Gasteiger charge is -2.09. The van der Waals surface area contributed by atoms with Crippen LogP contribution in [0.15, 0.2) is 23.4 Å². The van der Waals surface area contributed by atoms with Gasteiger partial charge >= 0.3 is 5.97 Å². The van der Waals surface area contributed by atoms with Crippen LogP contribution in [0.3, 0.4) is 0 Å². The molecule has 0 saturated carbocycles. The van der Waals surface area contributed by atoms with Gasteiger partial charge in [-0.25, -0.2) is 4.79 Å². The van der Waals surface area contributed by atoms with Crippen LogP contribution in [0.2, 0.25) is 10.0 Å². The number of aromatic nitrogens is 3. The Hall–Kier alpha value is -2.07. The van der Waals surface area contributed by atoms with Crippen molar-refractivity contribution in [2.75, 3.05) is 17.7 Å². The number of halogens is 2. The van der Waals surface area contributed by atoms with E-state index in [1.165, 1.54) is 28.0 Å². The molecule has 0 saturated heterocycles. The number of benzene rings is 1. The van der Waals surface area contributed by atoms with Gasteiger partial charge in [0.15, 0.2) is 11.0 Å². The second kappa shape index (κ2) is 11.1. The highest BCUT2D eigenvalue weighted by atomic mass is 35.5.